The van der Waals surface area contributed by atoms with E-state index in [4.69, 9.17) is 0 Å². The fourth-order valence-corrected chi connectivity index (χ4v) is 2.14. The van der Waals surface area contributed by atoms with Crippen LogP contribution in [0.4, 0.5) is 0 Å². The lowest BCUT2D eigenvalue weighted by Crippen LogP contribution is -2.33. The Labute approximate surface area is 90.5 Å². The summed E-state index contributed by atoms with van der Waals surface area (Å²) in [6.45, 7) is 0. The highest BCUT2D eigenvalue weighted by Crippen LogP contribution is 2.07. The average molecular weight is 225 g/mol. The Hall–Kier alpha value is -1.43. The molecule has 0 radical (unpaired) electrons. The summed E-state index contributed by atoms with van der Waals surface area (Å²) < 4.78 is 1.78. The molecule has 2 heterocycles. The third-order valence-corrected chi connectivity index (χ3v) is 3.11. The van der Waals surface area contributed by atoms with Gasteiger partial charge >= 0.3 is 0 Å². The first-order valence-corrected chi connectivity index (χ1v) is 5.53. The zero-order chi connectivity index (χ0) is 10.8. The lowest BCUT2D eigenvalue weighted by atomic mass is 10.2. The molecule has 0 spiro atoms. The molecule has 0 saturated carbocycles. The minimum atomic E-state index is -0.431. The van der Waals surface area contributed by atoms with Crippen LogP contribution in [0.25, 0.3) is 0 Å². The van der Waals surface area contributed by atoms with Crippen molar-refractivity contribution < 1.29 is 9.59 Å². The quantitative estimate of drug-likeness (QED) is 0.719. The van der Waals surface area contributed by atoms with E-state index in [0.29, 0.717) is 17.6 Å². The number of aromatic nitrogens is 1. The van der Waals surface area contributed by atoms with E-state index in [0.717, 1.165) is 0 Å². The van der Waals surface area contributed by atoms with Crippen LogP contribution in [0, 0.1) is 0 Å². The summed E-state index contributed by atoms with van der Waals surface area (Å²) in [5.74, 6) is -0.335. The van der Waals surface area contributed by atoms with Gasteiger partial charge in [-0.3, -0.25) is 9.59 Å². The normalized spacial score (nSPS) is 21.8. The molecule has 80 valence electrons. The van der Waals surface area contributed by atoms with Crippen LogP contribution in [0.1, 0.15) is 12.8 Å². The summed E-state index contributed by atoms with van der Waals surface area (Å²) in [4.78, 5) is 27.2. The second-order valence-corrected chi connectivity index (χ2v) is 4.28. The van der Waals surface area contributed by atoms with Gasteiger partial charge in [0.1, 0.15) is 6.04 Å². The average Bonchev–Trinajstić information content (AvgIpc) is 2.77. The van der Waals surface area contributed by atoms with Gasteiger partial charge < -0.3 is 9.88 Å². The highest BCUT2D eigenvalue weighted by atomic mass is 32.1. The van der Waals surface area contributed by atoms with Gasteiger partial charge in [0.15, 0.2) is 4.80 Å². The summed E-state index contributed by atoms with van der Waals surface area (Å²) in [5, 5.41) is 4.46. The smallest absolute Gasteiger partial charge is 0.270 e. The minimum absolute atomic E-state index is 0.0703. The van der Waals surface area contributed by atoms with E-state index in [1.54, 1.807) is 4.57 Å². The van der Waals surface area contributed by atoms with Crippen LogP contribution in [0.3, 0.4) is 0 Å². The van der Waals surface area contributed by atoms with Crippen molar-refractivity contribution in [2.45, 2.75) is 18.9 Å². The molecule has 0 aliphatic carbocycles. The summed E-state index contributed by atoms with van der Waals surface area (Å²) >= 11 is 1.40. The van der Waals surface area contributed by atoms with Crippen LogP contribution in [-0.2, 0) is 16.6 Å². The monoisotopic (exact) mass is 225 g/mol. The summed E-state index contributed by atoms with van der Waals surface area (Å²) in [5.41, 5.74) is 0. The Bertz CT molecular complexity index is 460. The maximum Gasteiger partial charge on any atom is 0.270 e. The molecule has 1 aliphatic heterocycles. The fourth-order valence-electron chi connectivity index (χ4n) is 1.41. The molecule has 0 bridgehead atoms. The highest BCUT2D eigenvalue weighted by Gasteiger charge is 2.26. The maximum absolute atomic E-state index is 11.6. The van der Waals surface area contributed by atoms with Crippen LogP contribution < -0.4 is 10.1 Å². The van der Waals surface area contributed by atoms with Gasteiger partial charge in [0.05, 0.1) is 0 Å². The Kier molecular flexibility index (Phi) is 2.68. The number of hydrogen-bond acceptors (Lipinski definition) is 3. The van der Waals surface area contributed by atoms with E-state index in [1.165, 1.54) is 11.3 Å². The van der Waals surface area contributed by atoms with Crippen LogP contribution in [0.2, 0.25) is 0 Å². The van der Waals surface area contributed by atoms with Gasteiger partial charge in [0.2, 0.25) is 5.91 Å². The molecule has 1 fully saturated rings. The van der Waals surface area contributed by atoms with E-state index in [9.17, 15) is 9.59 Å². The number of hydrogen-bond donors (Lipinski definition) is 1. The van der Waals surface area contributed by atoms with E-state index >= 15 is 0 Å². The summed E-state index contributed by atoms with van der Waals surface area (Å²) in [6, 6.07) is -0.431. The van der Waals surface area contributed by atoms with Crippen molar-refractivity contribution in [1.29, 1.82) is 0 Å². The first-order valence-electron chi connectivity index (χ1n) is 4.65. The number of carbonyl (C=O) groups excluding carboxylic acids is 2. The van der Waals surface area contributed by atoms with Crippen molar-refractivity contribution in [3.63, 3.8) is 0 Å². The number of carbonyl (C=O) groups is 2. The number of nitrogens with zero attached hydrogens (tertiary/aromatic N) is 2. The van der Waals surface area contributed by atoms with Crippen LogP contribution in [-0.4, -0.2) is 22.4 Å². The predicted octanol–water partition coefficient (Wildman–Crippen LogP) is -0.208. The molecule has 0 aromatic carbocycles. The molecular formula is C9H11N3O2S. The van der Waals surface area contributed by atoms with E-state index in [-0.39, 0.29) is 11.8 Å². The molecule has 2 amide bonds. The molecule has 1 aromatic rings. The summed E-state index contributed by atoms with van der Waals surface area (Å²) in [7, 11) is 1.83. The Morgan fingerprint density at radius 3 is 3.07 bits per heavy atom. The number of amides is 2. The Morgan fingerprint density at radius 2 is 2.53 bits per heavy atom. The number of thiazole rings is 1. The second-order valence-electron chi connectivity index (χ2n) is 3.41. The maximum atomic E-state index is 11.6. The van der Waals surface area contributed by atoms with Gasteiger partial charge in [0.25, 0.3) is 5.91 Å². The molecule has 5 nitrogen and oxygen atoms in total. The number of nitrogens with one attached hydrogen (secondary N) is 1. The van der Waals surface area contributed by atoms with Crippen molar-refractivity contribution in [3.05, 3.63) is 16.4 Å². The molecule has 15 heavy (non-hydrogen) atoms. The van der Waals surface area contributed by atoms with Crippen LogP contribution in [0.5, 0.6) is 0 Å². The molecule has 1 N–H and O–H groups in total. The lowest BCUT2D eigenvalue weighted by Gasteiger charge is -2.02. The van der Waals surface area contributed by atoms with Gasteiger partial charge in [0, 0.05) is 25.0 Å². The first kappa shape index (κ1) is 10.1. The standard InChI is InChI=1S/C9H11N3O2S/c1-12-4-5-15-9(12)11-8(14)6-2-3-7(13)10-6/h4-6H,2-3H2,1H3,(H,10,13). The minimum Gasteiger partial charge on any atom is -0.344 e. The van der Waals surface area contributed by atoms with Gasteiger partial charge in [-0.1, -0.05) is 0 Å². The van der Waals surface area contributed by atoms with E-state index in [1.807, 2.05) is 18.6 Å². The van der Waals surface area contributed by atoms with Crippen LogP contribution >= 0.6 is 11.3 Å². The SMILES string of the molecule is Cn1ccsc1=NC(=O)C1CCC(=O)N1. The first-order chi connectivity index (χ1) is 7.16. The van der Waals surface area contributed by atoms with Gasteiger partial charge in [-0.25, -0.2) is 0 Å². The lowest BCUT2D eigenvalue weighted by molar-refractivity contribution is -0.123. The zero-order valence-corrected chi connectivity index (χ0v) is 9.08. The molecule has 1 saturated heterocycles. The third-order valence-electron chi connectivity index (χ3n) is 2.26. The summed E-state index contributed by atoms with van der Waals surface area (Å²) in [6.07, 6.45) is 2.81. The van der Waals surface area contributed by atoms with Gasteiger partial charge in [-0.15, -0.1) is 11.3 Å². The van der Waals surface area contributed by atoms with Crippen LogP contribution in [0.15, 0.2) is 16.6 Å². The number of rotatable bonds is 1. The largest absolute Gasteiger partial charge is 0.344 e. The number of aryl methyl sites for hydroxylation is 1. The van der Waals surface area contributed by atoms with Crippen molar-refractivity contribution in [3.8, 4) is 0 Å². The molecule has 1 unspecified atom stereocenters. The topological polar surface area (TPSA) is 63.5 Å². The third kappa shape index (κ3) is 2.15. The molecule has 1 aromatic heterocycles. The van der Waals surface area contributed by atoms with Crippen molar-refractivity contribution >= 4 is 23.2 Å². The molecule has 6 heteroatoms. The molecule has 1 atom stereocenters. The fraction of sp³-hybridized carbons (Fsp3) is 0.444. The second kappa shape index (κ2) is 3.98. The molecular weight excluding hydrogens is 214 g/mol. The van der Waals surface area contributed by atoms with Crippen molar-refractivity contribution in [2.24, 2.45) is 12.0 Å². The van der Waals surface area contributed by atoms with E-state index < -0.39 is 6.04 Å². The van der Waals surface area contributed by atoms with Crippen molar-refractivity contribution in [2.75, 3.05) is 0 Å². The van der Waals surface area contributed by atoms with Gasteiger partial charge in [-0.2, -0.15) is 4.99 Å². The predicted molar refractivity (Wildman–Crippen MR) is 55.0 cm³/mol. The van der Waals surface area contributed by atoms with Crippen molar-refractivity contribution in [1.82, 2.24) is 9.88 Å². The Balaban J connectivity index is 2.17. The zero-order valence-electron chi connectivity index (χ0n) is 8.27. The van der Waals surface area contributed by atoms with E-state index in [2.05, 4.69) is 10.3 Å². The molecule has 1 aliphatic rings. The highest BCUT2D eigenvalue weighted by molar-refractivity contribution is 7.07. The molecule has 2 rings (SSSR count). The van der Waals surface area contributed by atoms with Gasteiger partial charge in [-0.05, 0) is 6.42 Å². The Morgan fingerprint density at radius 1 is 1.73 bits per heavy atom.